The van der Waals surface area contributed by atoms with Crippen LogP contribution in [-0.4, -0.2) is 46.3 Å². The van der Waals surface area contributed by atoms with Gasteiger partial charge in [0.15, 0.2) is 0 Å². The summed E-state index contributed by atoms with van der Waals surface area (Å²) >= 11 is 0. The minimum absolute atomic E-state index is 0.0412. The van der Waals surface area contributed by atoms with E-state index >= 15 is 0 Å². The molecule has 2 rings (SSSR count). The van der Waals surface area contributed by atoms with E-state index in [-0.39, 0.29) is 12.8 Å². The van der Waals surface area contributed by atoms with Crippen LogP contribution in [0.3, 0.4) is 0 Å². The smallest absolute Gasteiger partial charge is 0.209 e. The molecule has 0 amide bonds. The van der Waals surface area contributed by atoms with Gasteiger partial charge >= 0.3 is 0 Å². The molecule has 0 aromatic rings. The normalized spacial score (nSPS) is 20.8. The lowest BCUT2D eigenvalue weighted by atomic mass is 9.80. The van der Waals surface area contributed by atoms with Gasteiger partial charge in [-0.05, 0) is 12.8 Å². The van der Waals surface area contributed by atoms with Gasteiger partial charge in [0, 0.05) is 0 Å². The van der Waals surface area contributed by atoms with E-state index in [0.717, 1.165) is 0 Å². The second-order valence-corrected chi connectivity index (χ2v) is 6.25. The summed E-state index contributed by atoms with van der Waals surface area (Å²) in [6, 6.07) is 0. The van der Waals surface area contributed by atoms with E-state index in [2.05, 4.69) is 0 Å². The highest BCUT2D eigenvalue weighted by atomic mass is 16.2. The molecule has 0 unspecified atom stereocenters. The lowest BCUT2D eigenvalue weighted by Crippen LogP contribution is -2.42. The molecule has 0 atom stereocenters. The van der Waals surface area contributed by atoms with Crippen LogP contribution in [-0.2, 0) is 38.4 Å². The monoisotopic (exact) mass is 348 g/mol. The molecule has 0 aliphatic heterocycles. The fourth-order valence-electron chi connectivity index (χ4n) is 3.05. The standard InChI is InChI=1S/C17H16O8/c18-10-6-11(19)15(23)8(14(10)22)4-2-1-3-5-9-16(24)12(20)7-13(21)17(9)25/h8-9H,1-7H2. The maximum absolute atomic E-state index is 11.7. The molecule has 2 aliphatic rings. The first-order chi connectivity index (χ1) is 11.7. The van der Waals surface area contributed by atoms with Crippen molar-refractivity contribution in [2.24, 2.45) is 11.8 Å². The molecule has 0 spiro atoms. The average Bonchev–Trinajstić information content (AvgIpc) is 2.56. The zero-order valence-corrected chi connectivity index (χ0v) is 13.4. The Morgan fingerprint density at radius 1 is 0.480 bits per heavy atom. The van der Waals surface area contributed by atoms with E-state index < -0.39 is 70.9 Å². The molecule has 0 aromatic carbocycles. The Morgan fingerprint density at radius 2 is 0.760 bits per heavy atom. The molecule has 8 nitrogen and oxygen atoms in total. The van der Waals surface area contributed by atoms with Crippen LogP contribution in [0, 0.1) is 11.8 Å². The van der Waals surface area contributed by atoms with Gasteiger partial charge in [-0.25, -0.2) is 0 Å². The number of hydrogen-bond donors (Lipinski definition) is 0. The van der Waals surface area contributed by atoms with E-state index in [1.165, 1.54) is 0 Å². The molecule has 2 fully saturated rings. The van der Waals surface area contributed by atoms with Crippen LogP contribution < -0.4 is 0 Å². The van der Waals surface area contributed by atoms with Crippen molar-refractivity contribution in [2.45, 2.75) is 44.9 Å². The van der Waals surface area contributed by atoms with Crippen molar-refractivity contribution in [1.82, 2.24) is 0 Å². The molecule has 0 heterocycles. The Kier molecular flexibility index (Phi) is 5.61. The molecule has 8 heteroatoms. The number of unbranched alkanes of at least 4 members (excludes halogenated alkanes) is 2. The van der Waals surface area contributed by atoms with Crippen LogP contribution in [0.2, 0.25) is 0 Å². The minimum atomic E-state index is -1.24. The van der Waals surface area contributed by atoms with Gasteiger partial charge in [0.2, 0.25) is 46.3 Å². The molecular weight excluding hydrogens is 332 g/mol. The summed E-state index contributed by atoms with van der Waals surface area (Å²) < 4.78 is 0. The third kappa shape index (κ3) is 3.89. The van der Waals surface area contributed by atoms with Gasteiger partial charge in [-0.1, -0.05) is 19.3 Å². The minimum Gasteiger partial charge on any atom is -0.290 e. The van der Waals surface area contributed by atoms with Crippen molar-refractivity contribution in [3.8, 4) is 0 Å². The van der Waals surface area contributed by atoms with Gasteiger partial charge in [-0.15, -0.1) is 0 Å². The molecule has 132 valence electrons. The predicted molar refractivity (Wildman–Crippen MR) is 79.4 cm³/mol. The maximum atomic E-state index is 11.7. The van der Waals surface area contributed by atoms with E-state index in [1.807, 2.05) is 0 Å². The highest BCUT2D eigenvalue weighted by Gasteiger charge is 2.42. The summed E-state index contributed by atoms with van der Waals surface area (Å²) in [7, 11) is 0. The molecule has 0 bridgehead atoms. The van der Waals surface area contributed by atoms with Crippen LogP contribution >= 0.6 is 0 Å². The predicted octanol–water partition coefficient (Wildman–Crippen LogP) is -0.471. The van der Waals surface area contributed by atoms with Crippen LogP contribution in [0.25, 0.3) is 0 Å². The first kappa shape index (κ1) is 18.7. The Labute approximate surface area is 142 Å². The van der Waals surface area contributed by atoms with Crippen molar-refractivity contribution in [1.29, 1.82) is 0 Å². The Bertz CT molecular complexity index is 602. The van der Waals surface area contributed by atoms with Crippen LogP contribution in [0.15, 0.2) is 0 Å². The topological polar surface area (TPSA) is 137 Å². The third-order valence-electron chi connectivity index (χ3n) is 4.49. The van der Waals surface area contributed by atoms with Crippen molar-refractivity contribution in [2.75, 3.05) is 0 Å². The molecule has 25 heavy (non-hydrogen) atoms. The summed E-state index contributed by atoms with van der Waals surface area (Å²) in [6.07, 6.45) is -0.165. The van der Waals surface area contributed by atoms with E-state index in [4.69, 9.17) is 0 Å². The van der Waals surface area contributed by atoms with Crippen molar-refractivity contribution in [3.63, 3.8) is 0 Å². The summed E-state index contributed by atoms with van der Waals surface area (Å²) in [5.74, 6) is -9.30. The Balaban J connectivity index is 1.81. The van der Waals surface area contributed by atoms with Crippen molar-refractivity contribution >= 4 is 46.3 Å². The lowest BCUT2D eigenvalue weighted by Gasteiger charge is -2.18. The van der Waals surface area contributed by atoms with Gasteiger partial charge in [0.05, 0.1) is 24.7 Å². The van der Waals surface area contributed by atoms with Gasteiger partial charge in [0.1, 0.15) is 0 Å². The van der Waals surface area contributed by atoms with Crippen LogP contribution in [0.4, 0.5) is 0 Å². The number of ketones is 8. The molecule has 0 radical (unpaired) electrons. The molecule has 2 saturated carbocycles. The van der Waals surface area contributed by atoms with E-state index in [9.17, 15) is 38.4 Å². The van der Waals surface area contributed by atoms with E-state index in [1.54, 1.807) is 0 Å². The Morgan fingerprint density at radius 3 is 1.04 bits per heavy atom. The van der Waals surface area contributed by atoms with Crippen LogP contribution in [0.1, 0.15) is 44.9 Å². The second-order valence-electron chi connectivity index (χ2n) is 6.25. The highest BCUT2D eigenvalue weighted by molar-refractivity contribution is 6.60. The molecular formula is C17H16O8. The highest BCUT2D eigenvalue weighted by Crippen LogP contribution is 2.22. The largest absolute Gasteiger partial charge is 0.290 e. The molecule has 0 aromatic heterocycles. The second kappa shape index (κ2) is 7.50. The van der Waals surface area contributed by atoms with Gasteiger partial charge in [-0.2, -0.15) is 0 Å². The number of Topliss-reactive ketones (excluding diaryl/α,β-unsaturated/α-hetero) is 8. The molecule has 0 N–H and O–H groups in total. The quantitative estimate of drug-likeness (QED) is 0.357. The maximum Gasteiger partial charge on any atom is 0.209 e. The molecule has 0 saturated heterocycles. The van der Waals surface area contributed by atoms with Gasteiger partial charge in [0.25, 0.3) is 0 Å². The summed E-state index contributed by atoms with van der Waals surface area (Å²) in [6.45, 7) is 0. The van der Waals surface area contributed by atoms with Crippen molar-refractivity contribution in [3.05, 3.63) is 0 Å². The Hall–Kier alpha value is -2.64. The van der Waals surface area contributed by atoms with E-state index in [0.29, 0.717) is 19.3 Å². The summed E-state index contributed by atoms with van der Waals surface area (Å²) in [5, 5.41) is 0. The van der Waals surface area contributed by atoms with Gasteiger partial charge < -0.3 is 0 Å². The fourth-order valence-corrected chi connectivity index (χ4v) is 3.05. The average molecular weight is 348 g/mol. The van der Waals surface area contributed by atoms with Gasteiger partial charge in [-0.3, -0.25) is 38.4 Å². The number of carbonyl (C=O) groups is 8. The number of rotatable bonds is 6. The zero-order valence-electron chi connectivity index (χ0n) is 13.4. The SMILES string of the molecule is O=C1CC(=O)C(=O)C(CCCCCC2C(=O)C(=O)CC(=O)C2=O)C1=O. The number of hydrogen-bond acceptors (Lipinski definition) is 8. The summed E-state index contributed by atoms with van der Waals surface area (Å²) in [5.41, 5.74) is 0. The number of carbonyl (C=O) groups excluding carboxylic acids is 8. The first-order valence-electron chi connectivity index (χ1n) is 8.02. The molecule has 2 aliphatic carbocycles. The summed E-state index contributed by atoms with van der Waals surface area (Å²) in [4.78, 5) is 92.0. The third-order valence-corrected chi connectivity index (χ3v) is 4.49. The van der Waals surface area contributed by atoms with Crippen LogP contribution in [0.5, 0.6) is 0 Å². The first-order valence-corrected chi connectivity index (χ1v) is 8.02. The fraction of sp³-hybridized carbons (Fsp3) is 0.529. The zero-order chi connectivity index (χ0) is 18.7. The van der Waals surface area contributed by atoms with Crippen molar-refractivity contribution < 1.29 is 38.4 Å². The lowest BCUT2D eigenvalue weighted by molar-refractivity contribution is -0.152.